The van der Waals surface area contributed by atoms with Crippen molar-refractivity contribution in [2.75, 3.05) is 6.54 Å². The van der Waals surface area contributed by atoms with Gasteiger partial charge in [-0.3, -0.25) is 9.36 Å². The van der Waals surface area contributed by atoms with Gasteiger partial charge in [0.15, 0.2) is 0 Å². The number of hydrogen-bond donors (Lipinski definition) is 0. The lowest BCUT2D eigenvalue weighted by Crippen LogP contribution is -2.36. The summed E-state index contributed by atoms with van der Waals surface area (Å²) >= 11 is 0. The standard InChI is InChI=1S/C19H17N3O/c23-19(21-11-10-15-6-4-5-7-16(15)13-21)18-12-20-14-22(18)17-8-2-1-3-9-17/h1-9,12,14H,10-11,13H2. The van der Waals surface area contributed by atoms with E-state index in [2.05, 4.69) is 23.2 Å². The van der Waals surface area contributed by atoms with Crippen molar-refractivity contribution in [1.82, 2.24) is 14.5 Å². The molecule has 0 radical (unpaired) electrons. The topological polar surface area (TPSA) is 38.1 Å². The smallest absolute Gasteiger partial charge is 0.272 e. The second kappa shape index (κ2) is 5.72. The summed E-state index contributed by atoms with van der Waals surface area (Å²) in [6, 6.07) is 18.2. The molecule has 1 aliphatic heterocycles. The van der Waals surface area contributed by atoms with Crippen LogP contribution in [0.1, 0.15) is 21.6 Å². The maximum atomic E-state index is 12.9. The van der Waals surface area contributed by atoms with Crippen molar-refractivity contribution in [3.05, 3.63) is 83.9 Å². The van der Waals surface area contributed by atoms with Gasteiger partial charge in [0.2, 0.25) is 0 Å². The molecule has 0 bridgehead atoms. The molecule has 0 saturated heterocycles. The fourth-order valence-electron chi connectivity index (χ4n) is 3.08. The van der Waals surface area contributed by atoms with Crippen molar-refractivity contribution in [2.24, 2.45) is 0 Å². The third-order valence-electron chi connectivity index (χ3n) is 4.31. The first-order chi connectivity index (χ1) is 11.3. The van der Waals surface area contributed by atoms with Crippen LogP contribution in [-0.2, 0) is 13.0 Å². The molecule has 0 fully saturated rings. The zero-order valence-corrected chi connectivity index (χ0v) is 12.7. The van der Waals surface area contributed by atoms with E-state index in [-0.39, 0.29) is 5.91 Å². The molecule has 4 rings (SSSR count). The van der Waals surface area contributed by atoms with E-state index in [9.17, 15) is 4.79 Å². The van der Waals surface area contributed by atoms with Crippen LogP contribution in [0.5, 0.6) is 0 Å². The number of aromatic nitrogens is 2. The van der Waals surface area contributed by atoms with E-state index >= 15 is 0 Å². The fourth-order valence-corrected chi connectivity index (χ4v) is 3.08. The van der Waals surface area contributed by atoms with Gasteiger partial charge in [-0.15, -0.1) is 0 Å². The molecule has 3 aromatic rings. The minimum Gasteiger partial charge on any atom is -0.333 e. The van der Waals surface area contributed by atoms with Crippen LogP contribution in [0.2, 0.25) is 0 Å². The molecule has 4 nitrogen and oxygen atoms in total. The Morgan fingerprint density at radius 3 is 2.52 bits per heavy atom. The highest BCUT2D eigenvalue weighted by Crippen LogP contribution is 2.21. The quantitative estimate of drug-likeness (QED) is 0.730. The number of nitrogens with zero attached hydrogens (tertiary/aromatic N) is 3. The largest absolute Gasteiger partial charge is 0.333 e. The third-order valence-corrected chi connectivity index (χ3v) is 4.31. The molecule has 0 unspecified atom stereocenters. The first kappa shape index (κ1) is 13.8. The zero-order chi connectivity index (χ0) is 15.6. The van der Waals surface area contributed by atoms with Crippen molar-refractivity contribution in [1.29, 1.82) is 0 Å². The summed E-state index contributed by atoms with van der Waals surface area (Å²) in [6.45, 7) is 1.41. The van der Waals surface area contributed by atoms with E-state index < -0.39 is 0 Å². The van der Waals surface area contributed by atoms with Crippen LogP contribution in [0.15, 0.2) is 67.1 Å². The van der Waals surface area contributed by atoms with Crippen molar-refractivity contribution in [2.45, 2.75) is 13.0 Å². The van der Waals surface area contributed by atoms with Crippen molar-refractivity contribution < 1.29 is 4.79 Å². The molecule has 114 valence electrons. The maximum Gasteiger partial charge on any atom is 0.272 e. The van der Waals surface area contributed by atoms with Gasteiger partial charge in [-0.1, -0.05) is 42.5 Å². The number of para-hydroxylation sites is 1. The van der Waals surface area contributed by atoms with E-state index in [1.165, 1.54) is 11.1 Å². The second-order valence-electron chi connectivity index (χ2n) is 5.73. The summed E-state index contributed by atoms with van der Waals surface area (Å²) < 4.78 is 1.85. The number of hydrogen-bond acceptors (Lipinski definition) is 2. The minimum atomic E-state index is 0.0286. The summed E-state index contributed by atoms with van der Waals surface area (Å²) in [5, 5.41) is 0. The Morgan fingerprint density at radius 1 is 0.957 bits per heavy atom. The van der Waals surface area contributed by atoms with E-state index in [0.717, 1.165) is 18.7 Å². The SMILES string of the molecule is O=C(c1cncn1-c1ccccc1)N1CCc2ccccc2C1. The Kier molecular flexibility index (Phi) is 3.42. The monoisotopic (exact) mass is 303 g/mol. The summed E-state index contributed by atoms with van der Waals surface area (Å²) in [5.41, 5.74) is 4.13. The van der Waals surface area contributed by atoms with Crippen LogP contribution in [0, 0.1) is 0 Å². The number of amides is 1. The Balaban J connectivity index is 1.63. The van der Waals surface area contributed by atoms with E-state index in [4.69, 9.17) is 0 Å². The van der Waals surface area contributed by atoms with E-state index in [1.807, 2.05) is 45.9 Å². The number of fused-ring (bicyclic) bond motifs is 1. The van der Waals surface area contributed by atoms with Gasteiger partial charge in [-0.2, -0.15) is 0 Å². The Bertz CT molecular complexity index is 839. The van der Waals surface area contributed by atoms with Crippen LogP contribution in [-0.4, -0.2) is 26.9 Å². The molecule has 1 amide bonds. The normalized spacial score (nSPS) is 13.7. The van der Waals surface area contributed by atoms with Crippen LogP contribution in [0.4, 0.5) is 0 Å². The molecule has 0 atom stereocenters. The van der Waals surface area contributed by atoms with Crippen molar-refractivity contribution in [3.63, 3.8) is 0 Å². The Morgan fingerprint density at radius 2 is 1.70 bits per heavy atom. The number of imidazole rings is 1. The summed E-state index contributed by atoms with van der Waals surface area (Å²) in [5.74, 6) is 0.0286. The van der Waals surface area contributed by atoms with Crippen molar-refractivity contribution >= 4 is 5.91 Å². The molecule has 4 heteroatoms. The highest BCUT2D eigenvalue weighted by Gasteiger charge is 2.24. The van der Waals surface area contributed by atoms with Crippen LogP contribution >= 0.6 is 0 Å². The van der Waals surface area contributed by atoms with Gasteiger partial charge in [0, 0.05) is 18.8 Å². The molecule has 2 aromatic carbocycles. The Labute approximate surface area is 135 Å². The lowest BCUT2D eigenvalue weighted by molar-refractivity contribution is 0.0726. The maximum absolute atomic E-state index is 12.9. The average molecular weight is 303 g/mol. The van der Waals surface area contributed by atoms with Gasteiger partial charge in [0.05, 0.1) is 12.5 Å². The van der Waals surface area contributed by atoms with E-state index in [1.54, 1.807) is 12.5 Å². The van der Waals surface area contributed by atoms with Crippen LogP contribution in [0.25, 0.3) is 5.69 Å². The van der Waals surface area contributed by atoms with Gasteiger partial charge in [0.1, 0.15) is 5.69 Å². The molecule has 2 heterocycles. The lowest BCUT2D eigenvalue weighted by atomic mass is 10.00. The van der Waals surface area contributed by atoms with Gasteiger partial charge < -0.3 is 4.90 Å². The molecular weight excluding hydrogens is 286 g/mol. The molecular formula is C19H17N3O. The highest BCUT2D eigenvalue weighted by atomic mass is 16.2. The van der Waals surface area contributed by atoms with Gasteiger partial charge in [-0.25, -0.2) is 4.98 Å². The third kappa shape index (κ3) is 2.52. The molecule has 0 saturated carbocycles. The fraction of sp³-hybridized carbons (Fsp3) is 0.158. The van der Waals surface area contributed by atoms with Crippen molar-refractivity contribution in [3.8, 4) is 5.69 Å². The number of rotatable bonds is 2. The number of benzene rings is 2. The summed E-state index contributed by atoms with van der Waals surface area (Å²) in [4.78, 5) is 19.0. The second-order valence-corrected chi connectivity index (χ2v) is 5.73. The van der Waals surface area contributed by atoms with E-state index in [0.29, 0.717) is 12.2 Å². The number of carbonyl (C=O) groups excluding carboxylic acids is 1. The molecule has 0 spiro atoms. The predicted octanol–water partition coefficient (Wildman–Crippen LogP) is 3.07. The zero-order valence-electron chi connectivity index (χ0n) is 12.7. The highest BCUT2D eigenvalue weighted by molar-refractivity contribution is 5.93. The first-order valence-corrected chi connectivity index (χ1v) is 7.77. The first-order valence-electron chi connectivity index (χ1n) is 7.77. The average Bonchev–Trinajstić information content (AvgIpc) is 3.11. The van der Waals surface area contributed by atoms with Gasteiger partial charge in [0.25, 0.3) is 5.91 Å². The Hall–Kier alpha value is -2.88. The molecule has 1 aliphatic rings. The lowest BCUT2D eigenvalue weighted by Gasteiger charge is -2.29. The molecule has 0 aliphatic carbocycles. The van der Waals surface area contributed by atoms with Gasteiger partial charge in [-0.05, 0) is 29.7 Å². The summed E-state index contributed by atoms with van der Waals surface area (Å²) in [6.07, 6.45) is 4.25. The number of carbonyl (C=O) groups is 1. The molecule has 23 heavy (non-hydrogen) atoms. The van der Waals surface area contributed by atoms with Crippen LogP contribution < -0.4 is 0 Å². The molecule has 0 N–H and O–H groups in total. The van der Waals surface area contributed by atoms with Gasteiger partial charge >= 0.3 is 0 Å². The summed E-state index contributed by atoms with van der Waals surface area (Å²) in [7, 11) is 0. The predicted molar refractivity (Wildman–Crippen MR) is 88.5 cm³/mol. The molecule has 1 aromatic heterocycles. The van der Waals surface area contributed by atoms with Crippen LogP contribution in [0.3, 0.4) is 0 Å². The minimum absolute atomic E-state index is 0.0286.